The lowest BCUT2D eigenvalue weighted by Gasteiger charge is -2.16. The Bertz CT molecular complexity index is 742. The van der Waals surface area contributed by atoms with Crippen LogP contribution in [-0.2, 0) is 14.3 Å². The van der Waals surface area contributed by atoms with E-state index in [1.54, 1.807) is 29.2 Å². The molecule has 0 aromatic heterocycles. The van der Waals surface area contributed by atoms with E-state index in [4.69, 9.17) is 4.74 Å². The summed E-state index contributed by atoms with van der Waals surface area (Å²) >= 11 is 0. The molecule has 0 radical (unpaired) electrons. The normalized spacial score (nSPS) is 16.9. The Balaban J connectivity index is 1.57. The Labute approximate surface area is 139 Å². The fourth-order valence-electron chi connectivity index (χ4n) is 2.68. The standard InChI is InChI=1S/C19H17NO4/c21-17(14-7-3-1-4-8-14)13-24-19(23)15-11-18(22)20(12-15)16-9-5-2-6-10-16/h1-10,15H,11-13H2/t15-/m0/s1. The van der Waals surface area contributed by atoms with Crippen molar-refractivity contribution in [1.29, 1.82) is 0 Å². The number of ketones is 1. The summed E-state index contributed by atoms with van der Waals surface area (Å²) in [6, 6.07) is 17.9. The second kappa shape index (κ2) is 7.08. The van der Waals surface area contributed by atoms with Crippen LogP contribution in [0.15, 0.2) is 60.7 Å². The van der Waals surface area contributed by atoms with Gasteiger partial charge >= 0.3 is 5.97 Å². The lowest BCUT2D eigenvalue weighted by molar-refractivity contribution is -0.147. The zero-order chi connectivity index (χ0) is 16.9. The van der Waals surface area contributed by atoms with Crippen molar-refractivity contribution < 1.29 is 19.1 Å². The first kappa shape index (κ1) is 15.9. The molecule has 1 atom stereocenters. The number of Topliss-reactive ketones (excluding diaryl/α,β-unsaturated/α-hetero) is 1. The zero-order valence-corrected chi connectivity index (χ0v) is 13.1. The molecule has 0 bridgehead atoms. The number of carbonyl (C=O) groups is 3. The predicted octanol–water partition coefficient (Wildman–Crippen LogP) is 2.47. The van der Waals surface area contributed by atoms with Crippen molar-refractivity contribution in [1.82, 2.24) is 0 Å². The van der Waals surface area contributed by atoms with Gasteiger partial charge in [0, 0.05) is 24.2 Å². The zero-order valence-electron chi connectivity index (χ0n) is 13.1. The van der Waals surface area contributed by atoms with E-state index < -0.39 is 11.9 Å². The first-order valence-electron chi connectivity index (χ1n) is 7.75. The predicted molar refractivity (Wildman–Crippen MR) is 88.6 cm³/mol. The van der Waals surface area contributed by atoms with E-state index in [9.17, 15) is 14.4 Å². The molecule has 0 spiro atoms. The molecule has 0 N–H and O–H groups in total. The summed E-state index contributed by atoms with van der Waals surface area (Å²) in [7, 11) is 0. The minimum absolute atomic E-state index is 0.104. The monoisotopic (exact) mass is 323 g/mol. The Hall–Kier alpha value is -2.95. The fraction of sp³-hybridized carbons (Fsp3) is 0.211. The van der Waals surface area contributed by atoms with Crippen molar-refractivity contribution in [3.8, 4) is 0 Å². The van der Waals surface area contributed by atoms with Gasteiger partial charge in [0.1, 0.15) is 0 Å². The summed E-state index contributed by atoms with van der Waals surface area (Å²) in [5.74, 6) is -1.42. The van der Waals surface area contributed by atoms with E-state index in [-0.39, 0.29) is 31.3 Å². The maximum atomic E-state index is 12.2. The van der Waals surface area contributed by atoms with Crippen molar-refractivity contribution in [2.45, 2.75) is 6.42 Å². The Morgan fingerprint density at radius 2 is 1.62 bits per heavy atom. The molecule has 0 aliphatic carbocycles. The maximum absolute atomic E-state index is 12.2. The van der Waals surface area contributed by atoms with Crippen molar-refractivity contribution in [3.05, 3.63) is 66.2 Å². The number of benzene rings is 2. The summed E-state index contributed by atoms with van der Waals surface area (Å²) in [5, 5.41) is 0. The van der Waals surface area contributed by atoms with Crippen LogP contribution in [0, 0.1) is 5.92 Å². The lowest BCUT2D eigenvalue weighted by atomic mass is 10.1. The second-order valence-corrected chi connectivity index (χ2v) is 5.64. The van der Waals surface area contributed by atoms with Gasteiger partial charge in [-0.05, 0) is 12.1 Å². The number of amides is 1. The highest BCUT2D eigenvalue weighted by Gasteiger charge is 2.36. The van der Waals surface area contributed by atoms with E-state index in [0.29, 0.717) is 5.56 Å². The molecule has 0 saturated carbocycles. The van der Waals surface area contributed by atoms with Crippen LogP contribution in [0.2, 0.25) is 0 Å². The first-order valence-corrected chi connectivity index (χ1v) is 7.75. The molecule has 5 nitrogen and oxygen atoms in total. The summed E-state index contributed by atoms with van der Waals surface area (Å²) < 4.78 is 5.11. The topological polar surface area (TPSA) is 63.7 Å². The number of rotatable bonds is 5. The SMILES string of the molecule is O=C(COC(=O)[C@H]1CC(=O)N(c2ccccc2)C1)c1ccccc1. The van der Waals surface area contributed by atoms with Crippen LogP contribution in [0.5, 0.6) is 0 Å². The van der Waals surface area contributed by atoms with Gasteiger partial charge in [0.2, 0.25) is 5.91 Å². The molecule has 1 fully saturated rings. The van der Waals surface area contributed by atoms with Gasteiger partial charge in [0.25, 0.3) is 0 Å². The molecule has 1 aliphatic rings. The molecule has 1 aliphatic heterocycles. The summed E-state index contributed by atoms with van der Waals surface area (Å²) in [6.45, 7) is -0.0277. The number of ether oxygens (including phenoxy) is 1. The van der Waals surface area contributed by atoms with Gasteiger partial charge in [-0.15, -0.1) is 0 Å². The average Bonchev–Trinajstić information content (AvgIpc) is 3.02. The molecule has 2 aromatic rings. The molecule has 0 unspecified atom stereocenters. The molecule has 5 heteroatoms. The quantitative estimate of drug-likeness (QED) is 0.626. The van der Waals surface area contributed by atoms with E-state index >= 15 is 0 Å². The molecule has 122 valence electrons. The summed E-state index contributed by atoms with van der Waals surface area (Å²) in [4.78, 5) is 37.8. The summed E-state index contributed by atoms with van der Waals surface area (Å²) in [5.41, 5.74) is 1.26. The van der Waals surface area contributed by atoms with Gasteiger partial charge in [0.05, 0.1) is 5.92 Å². The number of anilines is 1. The molecule has 2 aromatic carbocycles. The number of carbonyl (C=O) groups excluding carboxylic acids is 3. The molecule has 1 heterocycles. The molecule has 1 amide bonds. The van der Waals surface area contributed by atoms with E-state index in [0.717, 1.165) is 5.69 Å². The van der Waals surface area contributed by atoms with Crippen LogP contribution in [-0.4, -0.2) is 30.8 Å². The molecule has 24 heavy (non-hydrogen) atoms. The van der Waals surface area contributed by atoms with Gasteiger partial charge in [-0.1, -0.05) is 48.5 Å². The van der Waals surface area contributed by atoms with Crippen molar-refractivity contribution in [2.75, 3.05) is 18.1 Å². The molecule has 3 rings (SSSR count). The maximum Gasteiger partial charge on any atom is 0.311 e. The highest BCUT2D eigenvalue weighted by molar-refractivity contribution is 6.00. The van der Waals surface area contributed by atoms with Crippen LogP contribution >= 0.6 is 0 Å². The summed E-state index contributed by atoms with van der Waals surface area (Å²) in [6.07, 6.45) is 0.104. The van der Waals surface area contributed by atoms with E-state index in [2.05, 4.69) is 0 Å². The Morgan fingerprint density at radius 1 is 1.00 bits per heavy atom. The largest absolute Gasteiger partial charge is 0.457 e. The number of hydrogen-bond acceptors (Lipinski definition) is 4. The minimum atomic E-state index is -0.540. The van der Waals surface area contributed by atoms with Gasteiger partial charge < -0.3 is 9.64 Å². The van der Waals surface area contributed by atoms with Gasteiger partial charge in [-0.25, -0.2) is 0 Å². The molecule has 1 saturated heterocycles. The van der Waals surface area contributed by atoms with Crippen molar-refractivity contribution in [2.24, 2.45) is 5.92 Å². The van der Waals surface area contributed by atoms with Crippen molar-refractivity contribution >= 4 is 23.3 Å². The Morgan fingerprint density at radius 3 is 2.29 bits per heavy atom. The minimum Gasteiger partial charge on any atom is -0.457 e. The number of para-hydroxylation sites is 1. The third-order valence-electron chi connectivity index (χ3n) is 3.97. The Kier molecular flexibility index (Phi) is 4.70. The van der Waals surface area contributed by atoms with Gasteiger partial charge in [-0.2, -0.15) is 0 Å². The van der Waals surface area contributed by atoms with Crippen LogP contribution in [0.4, 0.5) is 5.69 Å². The molecular formula is C19H17NO4. The van der Waals surface area contributed by atoms with E-state index in [1.165, 1.54) is 0 Å². The first-order chi connectivity index (χ1) is 11.6. The highest BCUT2D eigenvalue weighted by atomic mass is 16.5. The number of hydrogen-bond donors (Lipinski definition) is 0. The lowest BCUT2D eigenvalue weighted by Crippen LogP contribution is -2.27. The van der Waals surface area contributed by atoms with Crippen LogP contribution in [0.3, 0.4) is 0 Å². The third kappa shape index (κ3) is 3.51. The van der Waals surface area contributed by atoms with Crippen LogP contribution < -0.4 is 4.90 Å². The number of nitrogens with zero attached hydrogens (tertiary/aromatic N) is 1. The average molecular weight is 323 g/mol. The second-order valence-electron chi connectivity index (χ2n) is 5.64. The van der Waals surface area contributed by atoms with Gasteiger partial charge in [0.15, 0.2) is 12.4 Å². The third-order valence-corrected chi connectivity index (χ3v) is 3.97. The molecular weight excluding hydrogens is 306 g/mol. The van der Waals surface area contributed by atoms with Crippen LogP contribution in [0.25, 0.3) is 0 Å². The van der Waals surface area contributed by atoms with Crippen LogP contribution in [0.1, 0.15) is 16.8 Å². The van der Waals surface area contributed by atoms with Gasteiger partial charge in [-0.3, -0.25) is 14.4 Å². The smallest absolute Gasteiger partial charge is 0.311 e. The van der Waals surface area contributed by atoms with E-state index in [1.807, 2.05) is 36.4 Å². The fourth-order valence-corrected chi connectivity index (χ4v) is 2.68. The number of esters is 1. The highest BCUT2D eigenvalue weighted by Crippen LogP contribution is 2.25. The van der Waals surface area contributed by atoms with Crippen molar-refractivity contribution in [3.63, 3.8) is 0 Å².